The predicted molar refractivity (Wildman–Crippen MR) is 131 cm³/mol. The van der Waals surface area contributed by atoms with E-state index in [-0.39, 0.29) is 29.4 Å². The maximum atomic E-state index is 5.28. The molecule has 8 heteroatoms. The van der Waals surface area contributed by atoms with Crippen LogP contribution in [-0.2, 0) is 12.0 Å². The van der Waals surface area contributed by atoms with Crippen LogP contribution in [0.1, 0.15) is 32.0 Å². The molecule has 1 saturated heterocycles. The van der Waals surface area contributed by atoms with E-state index < -0.39 is 0 Å². The second kappa shape index (κ2) is 11.5. The Kier molecular flexibility index (Phi) is 9.41. The van der Waals surface area contributed by atoms with E-state index in [0.29, 0.717) is 0 Å². The smallest absolute Gasteiger partial charge is 0.194 e. The third-order valence-corrected chi connectivity index (χ3v) is 5.38. The number of hydrogen-bond acceptors (Lipinski definition) is 5. The van der Waals surface area contributed by atoms with E-state index in [1.54, 1.807) is 13.4 Å². The van der Waals surface area contributed by atoms with Gasteiger partial charge in [-0.2, -0.15) is 0 Å². The normalized spacial score (nSPS) is 15.6. The molecular formula is C22H34IN5O2. The Morgan fingerprint density at radius 1 is 1.17 bits per heavy atom. The van der Waals surface area contributed by atoms with E-state index in [1.165, 1.54) is 5.56 Å². The number of rotatable bonds is 7. The molecule has 0 amide bonds. The molecule has 0 spiro atoms. The van der Waals surface area contributed by atoms with Crippen molar-refractivity contribution in [3.8, 4) is 5.75 Å². The minimum atomic E-state index is -0.0539. The van der Waals surface area contributed by atoms with Crippen LogP contribution in [0.5, 0.6) is 5.75 Å². The average molecular weight is 527 g/mol. The van der Waals surface area contributed by atoms with Gasteiger partial charge in [0.25, 0.3) is 0 Å². The molecule has 1 fully saturated rings. The lowest BCUT2D eigenvalue weighted by Crippen LogP contribution is -2.52. The molecule has 0 radical (unpaired) electrons. The Balaban J connectivity index is 0.00000320. The zero-order chi connectivity index (χ0) is 20.7. The summed E-state index contributed by atoms with van der Waals surface area (Å²) >= 11 is 0. The number of hydrogen-bond donors (Lipinski definition) is 1. The number of nitrogens with one attached hydrogen (secondary N) is 1. The number of ether oxygens (including phenoxy) is 1. The van der Waals surface area contributed by atoms with Crippen LogP contribution in [0.15, 0.2) is 46.1 Å². The second-order valence-corrected chi connectivity index (χ2v) is 8.04. The summed E-state index contributed by atoms with van der Waals surface area (Å²) in [7, 11) is 1.69. The SMILES string of the molecule is CCNC(=NCC(C)(C)c1ccc(OC)cc1)N1CCN(Cc2ccon2)CC1.I. The van der Waals surface area contributed by atoms with E-state index in [9.17, 15) is 0 Å². The first-order valence-corrected chi connectivity index (χ1v) is 10.3. The number of guanidine groups is 1. The van der Waals surface area contributed by atoms with Crippen molar-refractivity contribution in [2.45, 2.75) is 32.7 Å². The van der Waals surface area contributed by atoms with E-state index in [1.807, 2.05) is 18.2 Å². The number of methoxy groups -OCH3 is 1. The number of benzene rings is 1. The fourth-order valence-corrected chi connectivity index (χ4v) is 3.50. The molecule has 1 aliphatic rings. The first-order chi connectivity index (χ1) is 14.0. The number of aliphatic imine (C=N–C) groups is 1. The third-order valence-electron chi connectivity index (χ3n) is 5.38. The van der Waals surface area contributed by atoms with Crippen LogP contribution in [0.4, 0.5) is 0 Å². The summed E-state index contributed by atoms with van der Waals surface area (Å²) < 4.78 is 10.2. The molecule has 1 aromatic carbocycles. The van der Waals surface area contributed by atoms with Gasteiger partial charge in [0.15, 0.2) is 5.96 Å². The van der Waals surface area contributed by atoms with Gasteiger partial charge in [-0.1, -0.05) is 31.1 Å². The van der Waals surface area contributed by atoms with Crippen LogP contribution in [-0.4, -0.2) is 67.3 Å². The van der Waals surface area contributed by atoms with Crippen LogP contribution >= 0.6 is 24.0 Å². The maximum absolute atomic E-state index is 5.28. The van der Waals surface area contributed by atoms with Crippen molar-refractivity contribution < 1.29 is 9.26 Å². The Labute approximate surface area is 196 Å². The van der Waals surface area contributed by atoms with Crippen molar-refractivity contribution in [3.05, 3.63) is 47.9 Å². The van der Waals surface area contributed by atoms with Crippen LogP contribution in [0.3, 0.4) is 0 Å². The fourth-order valence-electron chi connectivity index (χ4n) is 3.50. The summed E-state index contributed by atoms with van der Waals surface area (Å²) in [5.41, 5.74) is 2.19. The highest BCUT2D eigenvalue weighted by Crippen LogP contribution is 2.25. The number of piperazine rings is 1. The second-order valence-electron chi connectivity index (χ2n) is 8.04. The highest BCUT2D eigenvalue weighted by molar-refractivity contribution is 14.0. The molecular weight excluding hydrogens is 493 g/mol. The van der Waals surface area contributed by atoms with Gasteiger partial charge in [0.1, 0.15) is 12.0 Å². The molecule has 1 N–H and O–H groups in total. The van der Waals surface area contributed by atoms with Crippen LogP contribution in [0.25, 0.3) is 0 Å². The first kappa shape index (κ1) is 24.5. The summed E-state index contributed by atoms with van der Waals surface area (Å²) in [4.78, 5) is 9.74. The van der Waals surface area contributed by atoms with Crippen molar-refractivity contribution in [3.63, 3.8) is 0 Å². The molecule has 0 unspecified atom stereocenters. The van der Waals surface area contributed by atoms with Crippen LogP contribution in [0, 0.1) is 0 Å². The van der Waals surface area contributed by atoms with Crippen LogP contribution in [0.2, 0.25) is 0 Å². The summed E-state index contributed by atoms with van der Waals surface area (Å²) in [5.74, 6) is 1.88. The summed E-state index contributed by atoms with van der Waals surface area (Å²) in [6.07, 6.45) is 1.63. The Hall–Kier alpha value is -1.81. The summed E-state index contributed by atoms with van der Waals surface area (Å²) in [6, 6.07) is 10.2. The zero-order valence-corrected chi connectivity index (χ0v) is 20.8. The quantitative estimate of drug-likeness (QED) is 0.339. The molecule has 7 nitrogen and oxygen atoms in total. The predicted octanol–water partition coefficient (Wildman–Crippen LogP) is 3.36. The van der Waals surface area contributed by atoms with Crippen molar-refractivity contribution in [2.75, 3.05) is 46.4 Å². The first-order valence-electron chi connectivity index (χ1n) is 10.3. The molecule has 1 aliphatic heterocycles. The van der Waals surface area contributed by atoms with Gasteiger partial charge in [0.2, 0.25) is 0 Å². The molecule has 2 aromatic rings. The fraction of sp³-hybridized carbons (Fsp3) is 0.545. The Morgan fingerprint density at radius 2 is 1.87 bits per heavy atom. The van der Waals surface area contributed by atoms with E-state index in [2.05, 4.69) is 53.2 Å². The molecule has 0 atom stereocenters. The third kappa shape index (κ3) is 6.60. The lowest BCUT2D eigenvalue weighted by Gasteiger charge is -2.36. The van der Waals surface area contributed by atoms with Gasteiger partial charge in [-0.05, 0) is 24.6 Å². The van der Waals surface area contributed by atoms with Crippen molar-refractivity contribution >= 4 is 29.9 Å². The molecule has 2 heterocycles. The largest absolute Gasteiger partial charge is 0.497 e. The number of halogens is 1. The molecule has 3 rings (SSSR count). The molecule has 1 aromatic heterocycles. The standard InChI is InChI=1S/C22H33N5O2.HI/c1-5-23-21(24-17-22(2,3)18-6-8-20(28-4)9-7-18)27-13-11-26(12-14-27)16-19-10-15-29-25-19;/h6-10,15H,5,11-14,16-17H2,1-4H3,(H,23,24);1H. The number of aromatic nitrogens is 1. The zero-order valence-electron chi connectivity index (χ0n) is 18.4. The molecule has 166 valence electrons. The highest BCUT2D eigenvalue weighted by Gasteiger charge is 2.23. The van der Waals surface area contributed by atoms with Gasteiger partial charge in [-0.15, -0.1) is 24.0 Å². The van der Waals surface area contributed by atoms with Gasteiger partial charge in [-0.3, -0.25) is 9.89 Å². The lowest BCUT2D eigenvalue weighted by atomic mass is 9.85. The van der Waals surface area contributed by atoms with E-state index >= 15 is 0 Å². The van der Waals surface area contributed by atoms with Gasteiger partial charge >= 0.3 is 0 Å². The monoisotopic (exact) mass is 527 g/mol. The van der Waals surface area contributed by atoms with Gasteiger partial charge in [-0.25, -0.2) is 0 Å². The van der Waals surface area contributed by atoms with E-state index in [0.717, 1.165) is 63.2 Å². The number of nitrogens with zero attached hydrogens (tertiary/aromatic N) is 4. The Morgan fingerprint density at radius 3 is 2.43 bits per heavy atom. The molecule has 0 bridgehead atoms. The molecule has 0 saturated carbocycles. The summed E-state index contributed by atoms with van der Waals surface area (Å²) in [6.45, 7) is 12.9. The minimum Gasteiger partial charge on any atom is -0.497 e. The topological polar surface area (TPSA) is 66.1 Å². The van der Waals surface area contributed by atoms with Gasteiger partial charge in [0.05, 0.1) is 19.3 Å². The average Bonchev–Trinajstić information content (AvgIpc) is 3.25. The molecule has 0 aliphatic carbocycles. The molecule has 30 heavy (non-hydrogen) atoms. The van der Waals surface area contributed by atoms with Crippen molar-refractivity contribution in [2.24, 2.45) is 4.99 Å². The minimum absolute atomic E-state index is 0. The van der Waals surface area contributed by atoms with Crippen LogP contribution < -0.4 is 10.1 Å². The maximum Gasteiger partial charge on any atom is 0.194 e. The van der Waals surface area contributed by atoms with Gasteiger partial charge in [0, 0.05) is 50.7 Å². The lowest BCUT2D eigenvalue weighted by molar-refractivity contribution is 0.169. The highest BCUT2D eigenvalue weighted by atomic mass is 127. The van der Waals surface area contributed by atoms with Crippen molar-refractivity contribution in [1.82, 2.24) is 20.3 Å². The van der Waals surface area contributed by atoms with Crippen molar-refractivity contribution in [1.29, 1.82) is 0 Å². The summed E-state index contributed by atoms with van der Waals surface area (Å²) in [5, 5.41) is 7.48. The Bertz CT molecular complexity index is 769. The van der Waals surface area contributed by atoms with Gasteiger partial charge < -0.3 is 19.5 Å². The van der Waals surface area contributed by atoms with E-state index in [4.69, 9.17) is 14.3 Å².